The minimum Gasteiger partial charge on any atom is -0.459 e. The van der Waals surface area contributed by atoms with Crippen molar-refractivity contribution in [3.8, 4) is 0 Å². The summed E-state index contributed by atoms with van der Waals surface area (Å²) in [6.07, 6.45) is 1.45. The third-order valence-electron chi connectivity index (χ3n) is 4.03. The number of halogens is 3. The van der Waals surface area contributed by atoms with Crippen molar-refractivity contribution in [2.75, 3.05) is 26.7 Å². The van der Waals surface area contributed by atoms with Crippen LogP contribution in [0.1, 0.15) is 30.0 Å². The number of nitrogens with zero attached hydrogens (tertiary/aromatic N) is 1. The highest BCUT2D eigenvalue weighted by Crippen LogP contribution is 2.29. The summed E-state index contributed by atoms with van der Waals surface area (Å²) in [6.45, 7) is 5.46. The average molecular weight is 523 g/mol. The van der Waals surface area contributed by atoms with Crippen LogP contribution in [0.25, 0.3) is 0 Å². The molecule has 154 valence electrons. The highest BCUT2D eigenvalue weighted by atomic mass is 127. The Morgan fingerprint density at radius 3 is 2.54 bits per heavy atom. The summed E-state index contributed by atoms with van der Waals surface area (Å²) >= 11 is 6.18. The largest absolute Gasteiger partial charge is 0.459 e. The molecule has 2 rings (SSSR count). The van der Waals surface area contributed by atoms with Crippen LogP contribution in [0.4, 0.5) is 4.39 Å². The number of furan rings is 1. The smallest absolute Gasteiger partial charge is 0.287 e. The molecule has 3 N–H and O–H groups in total. The van der Waals surface area contributed by atoms with Crippen LogP contribution >= 0.6 is 35.6 Å². The summed E-state index contributed by atoms with van der Waals surface area (Å²) in [6, 6.07) is 7.67. The van der Waals surface area contributed by atoms with E-state index in [-0.39, 0.29) is 46.9 Å². The van der Waals surface area contributed by atoms with Crippen LogP contribution in [0.3, 0.4) is 0 Å². The number of guanidine groups is 1. The monoisotopic (exact) mass is 522 g/mol. The Morgan fingerprint density at radius 1 is 1.21 bits per heavy atom. The fourth-order valence-corrected chi connectivity index (χ4v) is 2.93. The molecule has 0 unspecified atom stereocenters. The van der Waals surface area contributed by atoms with E-state index >= 15 is 0 Å². The number of aliphatic imine (C=N–C) groups is 1. The van der Waals surface area contributed by atoms with Crippen LogP contribution in [0.2, 0.25) is 5.02 Å². The number of amides is 1. The second-order valence-corrected chi connectivity index (χ2v) is 7.00. The van der Waals surface area contributed by atoms with Crippen molar-refractivity contribution in [1.82, 2.24) is 16.0 Å². The maximum Gasteiger partial charge on any atom is 0.287 e. The Labute approximate surface area is 186 Å². The lowest BCUT2D eigenvalue weighted by Gasteiger charge is -2.27. The number of benzene rings is 1. The number of hydrogen-bond donors (Lipinski definition) is 3. The van der Waals surface area contributed by atoms with Crippen LogP contribution in [-0.4, -0.2) is 38.5 Å². The van der Waals surface area contributed by atoms with E-state index in [0.717, 1.165) is 5.56 Å². The lowest BCUT2D eigenvalue weighted by Crippen LogP contribution is -2.45. The van der Waals surface area contributed by atoms with Gasteiger partial charge in [0.1, 0.15) is 5.82 Å². The molecule has 0 aliphatic heterocycles. The van der Waals surface area contributed by atoms with Crippen molar-refractivity contribution in [3.63, 3.8) is 0 Å². The van der Waals surface area contributed by atoms with Gasteiger partial charge in [-0.2, -0.15) is 0 Å². The van der Waals surface area contributed by atoms with Gasteiger partial charge in [0.2, 0.25) is 0 Å². The van der Waals surface area contributed by atoms with E-state index in [1.807, 2.05) is 13.8 Å². The summed E-state index contributed by atoms with van der Waals surface area (Å²) in [5.41, 5.74) is 0.509. The van der Waals surface area contributed by atoms with Gasteiger partial charge in [0.05, 0.1) is 6.26 Å². The lowest BCUT2D eigenvalue weighted by atomic mass is 9.84. The maximum atomic E-state index is 13.3. The van der Waals surface area contributed by atoms with Gasteiger partial charge in [0.25, 0.3) is 5.91 Å². The molecular weight excluding hydrogens is 498 g/mol. The Kier molecular flexibility index (Phi) is 9.74. The van der Waals surface area contributed by atoms with Crippen LogP contribution in [0.15, 0.2) is 46.0 Å². The van der Waals surface area contributed by atoms with E-state index in [1.165, 1.54) is 18.4 Å². The molecule has 1 aromatic heterocycles. The first-order valence-corrected chi connectivity index (χ1v) is 8.93. The van der Waals surface area contributed by atoms with Gasteiger partial charge in [-0.15, -0.1) is 24.0 Å². The average Bonchev–Trinajstić information content (AvgIpc) is 3.15. The number of carbonyl (C=O) groups is 1. The van der Waals surface area contributed by atoms with Crippen molar-refractivity contribution in [2.24, 2.45) is 4.99 Å². The van der Waals surface area contributed by atoms with Crippen LogP contribution in [0, 0.1) is 5.82 Å². The molecule has 1 aromatic carbocycles. The van der Waals surface area contributed by atoms with Crippen LogP contribution in [-0.2, 0) is 5.41 Å². The summed E-state index contributed by atoms with van der Waals surface area (Å²) in [5, 5.41) is 9.48. The SMILES string of the molecule is CN=C(NCCNC(=O)c1ccco1)NCC(C)(C)c1ccc(F)cc1Cl.I. The summed E-state index contributed by atoms with van der Waals surface area (Å²) in [7, 11) is 1.66. The second-order valence-electron chi connectivity index (χ2n) is 6.59. The van der Waals surface area contributed by atoms with Gasteiger partial charge in [-0.05, 0) is 29.8 Å². The molecule has 1 heterocycles. The molecular formula is C19H25ClFIN4O2. The molecule has 28 heavy (non-hydrogen) atoms. The number of nitrogens with one attached hydrogen (secondary N) is 3. The van der Waals surface area contributed by atoms with Crippen molar-refractivity contribution in [2.45, 2.75) is 19.3 Å². The maximum absolute atomic E-state index is 13.3. The predicted molar refractivity (Wildman–Crippen MR) is 120 cm³/mol. The molecule has 0 aliphatic carbocycles. The molecule has 2 aromatic rings. The van der Waals surface area contributed by atoms with Gasteiger partial charge in [0.15, 0.2) is 11.7 Å². The van der Waals surface area contributed by atoms with Gasteiger partial charge in [-0.3, -0.25) is 9.79 Å². The summed E-state index contributed by atoms with van der Waals surface area (Å²) in [4.78, 5) is 15.9. The van der Waals surface area contributed by atoms with Gasteiger partial charge in [-0.25, -0.2) is 4.39 Å². The Morgan fingerprint density at radius 2 is 1.93 bits per heavy atom. The zero-order valence-corrected chi connectivity index (χ0v) is 19.1. The van der Waals surface area contributed by atoms with Crippen molar-refractivity contribution < 1.29 is 13.6 Å². The Bertz CT molecular complexity index is 797. The Hall–Kier alpha value is -1.81. The molecule has 1 amide bonds. The molecule has 0 radical (unpaired) electrons. The minimum absolute atomic E-state index is 0. The van der Waals surface area contributed by atoms with Crippen molar-refractivity contribution in [1.29, 1.82) is 0 Å². The molecule has 0 fully saturated rings. The second kappa shape index (κ2) is 11.3. The molecule has 0 saturated heterocycles. The number of carbonyl (C=O) groups excluding carboxylic acids is 1. The van der Waals surface area contributed by atoms with E-state index in [2.05, 4.69) is 20.9 Å². The van der Waals surface area contributed by atoms with Crippen molar-refractivity contribution >= 4 is 47.4 Å². The summed E-state index contributed by atoms with van der Waals surface area (Å²) < 4.78 is 18.3. The molecule has 0 spiro atoms. The van der Waals surface area contributed by atoms with Crippen LogP contribution < -0.4 is 16.0 Å². The van der Waals surface area contributed by atoms with Gasteiger partial charge in [0, 0.05) is 37.1 Å². The zero-order chi connectivity index (χ0) is 19.9. The van der Waals surface area contributed by atoms with Gasteiger partial charge < -0.3 is 20.4 Å². The summed E-state index contributed by atoms with van der Waals surface area (Å²) in [5.74, 6) is 0.238. The van der Waals surface area contributed by atoms with E-state index in [0.29, 0.717) is 30.6 Å². The molecule has 0 bridgehead atoms. The topological polar surface area (TPSA) is 78.7 Å². The first kappa shape index (κ1) is 24.2. The van der Waals surface area contributed by atoms with Gasteiger partial charge in [-0.1, -0.05) is 31.5 Å². The fourth-order valence-electron chi connectivity index (χ4n) is 2.51. The van der Waals surface area contributed by atoms with Gasteiger partial charge >= 0.3 is 0 Å². The minimum atomic E-state index is -0.360. The van der Waals surface area contributed by atoms with E-state index < -0.39 is 0 Å². The third-order valence-corrected chi connectivity index (χ3v) is 4.34. The normalized spacial score (nSPS) is 11.5. The highest BCUT2D eigenvalue weighted by Gasteiger charge is 2.24. The molecule has 0 aliphatic rings. The molecule has 6 nitrogen and oxygen atoms in total. The first-order chi connectivity index (χ1) is 12.8. The fraction of sp³-hybridized carbons (Fsp3) is 0.368. The number of hydrogen-bond acceptors (Lipinski definition) is 3. The standard InChI is InChI=1S/C19H24ClFN4O2.HI/c1-19(2,14-7-6-13(21)11-15(14)20)12-25-18(22-3)24-9-8-23-17(26)16-5-4-10-27-16;/h4-7,10-11H,8-9,12H2,1-3H3,(H,23,26)(H2,22,24,25);1H. The van der Waals surface area contributed by atoms with Crippen LogP contribution in [0.5, 0.6) is 0 Å². The lowest BCUT2D eigenvalue weighted by molar-refractivity contribution is 0.0926. The van der Waals surface area contributed by atoms with E-state index in [4.69, 9.17) is 16.0 Å². The molecule has 0 saturated carbocycles. The third kappa shape index (κ3) is 6.97. The van der Waals surface area contributed by atoms with E-state index in [1.54, 1.807) is 25.2 Å². The highest BCUT2D eigenvalue weighted by molar-refractivity contribution is 14.0. The zero-order valence-electron chi connectivity index (χ0n) is 16.0. The molecule has 9 heteroatoms. The Balaban J connectivity index is 0.00000392. The predicted octanol–water partition coefficient (Wildman–Crippen LogP) is 3.56. The molecule has 0 atom stereocenters. The van der Waals surface area contributed by atoms with Crippen molar-refractivity contribution in [3.05, 3.63) is 58.8 Å². The quantitative estimate of drug-likeness (QED) is 0.225. The van der Waals surface area contributed by atoms with E-state index in [9.17, 15) is 9.18 Å². The first-order valence-electron chi connectivity index (χ1n) is 8.55. The number of rotatable bonds is 7.